The molecule has 4 nitrogen and oxygen atoms in total. The molecular formula is C15H23N3O. The Morgan fingerprint density at radius 1 is 1.42 bits per heavy atom. The van der Waals surface area contributed by atoms with Crippen LogP contribution in [0.25, 0.3) is 0 Å². The second-order valence-electron chi connectivity index (χ2n) is 5.59. The van der Waals surface area contributed by atoms with E-state index in [1.807, 2.05) is 0 Å². The van der Waals surface area contributed by atoms with Gasteiger partial charge in [-0.1, -0.05) is 6.92 Å². The fourth-order valence-electron chi connectivity index (χ4n) is 3.03. The van der Waals surface area contributed by atoms with Crippen LogP contribution in [-0.2, 0) is 11.2 Å². The molecule has 3 rings (SSSR count). The molecule has 1 N–H and O–H groups in total. The van der Waals surface area contributed by atoms with Gasteiger partial charge in [0, 0.05) is 36.0 Å². The maximum absolute atomic E-state index is 5.44. The zero-order valence-corrected chi connectivity index (χ0v) is 11.7. The van der Waals surface area contributed by atoms with Crippen molar-refractivity contribution >= 4 is 0 Å². The van der Waals surface area contributed by atoms with Gasteiger partial charge in [0.1, 0.15) is 5.82 Å². The lowest BCUT2D eigenvalue weighted by Crippen LogP contribution is -2.27. The fraction of sp³-hybridized carbons (Fsp3) is 0.733. The topological polar surface area (TPSA) is 47.0 Å². The van der Waals surface area contributed by atoms with Gasteiger partial charge >= 0.3 is 0 Å². The summed E-state index contributed by atoms with van der Waals surface area (Å²) in [4.78, 5) is 9.42. The predicted molar refractivity (Wildman–Crippen MR) is 74.2 cm³/mol. The highest BCUT2D eigenvalue weighted by atomic mass is 16.5. The van der Waals surface area contributed by atoms with Gasteiger partial charge < -0.3 is 10.1 Å². The summed E-state index contributed by atoms with van der Waals surface area (Å²) in [7, 11) is 0. The quantitative estimate of drug-likeness (QED) is 0.904. The van der Waals surface area contributed by atoms with Crippen molar-refractivity contribution in [2.24, 2.45) is 0 Å². The molecule has 2 unspecified atom stereocenters. The van der Waals surface area contributed by atoms with Gasteiger partial charge in [0.15, 0.2) is 0 Å². The van der Waals surface area contributed by atoms with Crippen molar-refractivity contribution in [2.75, 3.05) is 19.8 Å². The molecule has 1 aromatic rings. The van der Waals surface area contributed by atoms with E-state index < -0.39 is 0 Å². The van der Waals surface area contributed by atoms with Gasteiger partial charge in [-0.15, -0.1) is 0 Å². The first-order chi connectivity index (χ1) is 9.38. The van der Waals surface area contributed by atoms with E-state index in [4.69, 9.17) is 9.72 Å². The summed E-state index contributed by atoms with van der Waals surface area (Å²) in [6.07, 6.45) is 7.83. The maximum atomic E-state index is 5.44. The Balaban J connectivity index is 1.79. The van der Waals surface area contributed by atoms with Gasteiger partial charge in [-0.05, 0) is 38.6 Å². The molecule has 0 saturated carbocycles. The van der Waals surface area contributed by atoms with E-state index in [9.17, 15) is 0 Å². The lowest BCUT2D eigenvalue weighted by molar-refractivity contribution is 0.193. The van der Waals surface area contributed by atoms with Crippen molar-refractivity contribution < 1.29 is 4.74 Å². The van der Waals surface area contributed by atoms with Crippen molar-refractivity contribution in [1.82, 2.24) is 15.3 Å². The number of hydrogen-bond acceptors (Lipinski definition) is 4. The molecule has 0 spiro atoms. The van der Waals surface area contributed by atoms with Gasteiger partial charge in [-0.3, -0.25) is 0 Å². The van der Waals surface area contributed by atoms with E-state index in [1.54, 1.807) is 0 Å². The van der Waals surface area contributed by atoms with E-state index in [0.29, 0.717) is 12.0 Å². The Kier molecular flexibility index (Phi) is 4.09. The molecule has 0 amide bonds. The molecular weight excluding hydrogens is 238 g/mol. The minimum Gasteiger partial charge on any atom is -0.381 e. The summed E-state index contributed by atoms with van der Waals surface area (Å²) >= 11 is 0. The third-order valence-electron chi connectivity index (χ3n) is 4.14. The summed E-state index contributed by atoms with van der Waals surface area (Å²) in [6, 6.07) is 0.456. The molecule has 2 aliphatic rings. The second kappa shape index (κ2) is 5.97. The second-order valence-corrected chi connectivity index (χ2v) is 5.59. The van der Waals surface area contributed by atoms with Crippen LogP contribution >= 0.6 is 0 Å². The molecule has 2 atom stereocenters. The van der Waals surface area contributed by atoms with Crippen LogP contribution in [0.3, 0.4) is 0 Å². The summed E-state index contributed by atoms with van der Waals surface area (Å²) in [5, 5.41) is 3.61. The summed E-state index contributed by atoms with van der Waals surface area (Å²) in [6.45, 7) is 4.92. The fourth-order valence-corrected chi connectivity index (χ4v) is 3.03. The van der Waals surface area contributed by atoms with Crippen molar-refractivity contribution in [3.8, 4) is 0 Å². The van der Waals surface area contributed by atoms with E-state index in [0.717, 1.165) is 38.4 Å². The summed E-state index contributed by atoms with van der Waals surface area (Å²) in [5.74, 6) is 1.40. The first-order valence-corrected chi connectivity index (χ1v) is 7.55. The molecule has 1 aliphatic carbocycles. The van der Waals surface area contributed by atoms with Crippen LogP contribution in [0.4, 0.5) is 0 Å². The smallest absolute Gasteiger partial charge is 0.134 e. The molecule has 104 valence electrons. The Labute approximate surface area is 115 Å². The zero-order valence-electron chi connectivity index (χ0n) is 11.7. The lowest BCUT2D eigenvalue weighted by Gasteiger charge is -2.26. The van der Waals surface area contributed by atoms with E-state index in [-0.39, 0.29) is 0 Å². The number of ether oxygens (including phenoxy) is 1. The molecule has 1 saturated heterocycles. The van der Waals surface area contributed by atoms with Crippen LogP contribution in [0.1, 0.15) is 61.6 Å². The van der Waals surface area contributed by atoms with Crippen molar-refractivity contribution in [1.29, 1.82) is 0 Å². The standard InChI is InChI=1S/C15H23N3O/c1-2-7-16-13-4-3-5-14-12(13)9-17-15(18-14)11-6-8-19-10-11/h9,11,13,16H,2-8,10H2,1H3. The first kappa shape index (κ1) is 13.0. The van der Waals surface area contributed by atoms with Crippen LogP contribution in [0, 0.1) is 0 Å². The Morgan fingerprint density at radius 3 is 3.16 bits per heavy atom. The summed E-state index contributed by atoms with van der Waals surface area (Å²) < 4.78 is 5.44. The molecule has 4 heteroatoms. The van der Waals surface area contributed by atoms with E-state index >= 15 is 0 Å². The highest BCUT2D eigenvalue weighted by Crippen LogP contribution is 2.30. The largest absolute Gasteiger partial charge is 0.381 e. The molecule has 1 aliphatic heterocycles. The number of hydrogen-bond donors (Lipinski definition) is 1. The van der Waals surface area contributed by atoms with Crippen LogP contribution in [0.15, 0.2) is 6.20 Å². The van der Waals surface area contributed by atoms with Gasteiger partial charge in [0.05, 0.1) is 6.61 Å². The number of aromatic nitrogens is 2. The molecule has 1 aromatic heterocycles. The maximum Gasteiger partial charge on any atom is 0.134 e. The molecule has 1 fully saturated rings. The molecule has 2 heterocycles. The minimum atomic E-state index is 0.411. The third kappa shape index (κ3) is 2.79. The highest BCUT2D eigenvalue weighted by molar-refractivity contribution is 5.25. The van der Waals surface area contributed by atoms with Crippen molar-refractivity contribution in [2.45, 2.75) is 51.0 Å². The van der Waals surface area contributed by atoms with Gasteiger partial charge in [0.25, 0.3) is 0 Å². The van der Waals surface area contributed by atoms with Crippen LogP contribution in [-0.4, -0.2) is 29.7 Å². The average molecular weight is 261 g/mol. The number of rotatable bonds is 4. The number of aryl methyl sites for hydroxylation is 1. The zero-order chi connectivity index (χ0) is 13.1. The Bertz CT molecular complexity index is 429. The average Bonchev–Trinajstić information content (AvgIpc) is 2.98. The van der Waals surface area contributed by atoms with Crippen molar-refractivity contribution in [3.63, 3.8) is 0 Å². The molecule has 0 aromatic carbocycles. The number of fused-ring (bicyclic) bond motifs is 1. The van der Waals surface area contributed by atoms with Crippen LogP contribution < -0.4 is 5.32 Å². The normalized spacial score (nSPS) is 26.4. The van der Waals surface area contributed by atoms with Crippen LogP contribution in [0.5, 0.6) is 0 Å². The van der Waals surface area contributed by atoms with Gasteiger partial charge in [-0.25, -0.2) is 9.97 Å². The van der Waals surface area contributed by atoms with Crippen LogP contribution in [0.2, 0.25) is 0 Å². The van der Waals surface area contributed by atoms with Crippen molar-refractivity contribution in [3.05, 3.63) is 23.3 Å². The number of nitrogens with zero attached hydrogens (tertiary/aromatic N) is 2. The number of nitrogens with one attached hydrogen (secondary N) is 1. The monoisotopic (exact) mass is 261 g/mol. The first-order valence-electron chi connectivity index (χ1n) is 7.55. The SMILES string of the molecule is CCCNC1CCCc2nc(C3CCOC3)ncc21. The van der Waals surface area contributed by atoms with Gasteiger partial charge in [-0.2, -0.15) is 0 Å². The molecule has 19 heavy (non-hydrogen) atoms. The third-order valence-corrected chi connectivity index (χ3v) is 4.14. The molecule has 0 radical (unpaired) electrons. The Morgan fingerprint density at radius 2 is 2.37 bits per heavy atom. The minimum absolute atomic E-state index is 0.411. The lowest BCUT2D eigenvalue weighted by atomic mass is 9.92. The highest BCUT2D eigenvalue weighted by Gasteiger charge is 2.25. The van der Waals surface area contributed by atoms with E-state index in [2.05, 4.69) is 23.4 Å². The Hall–Kier alpha value is -1.00. The van der Waals surface area contributed by atoms with E-state index in [1.165, 1.54) is 30.5 Å². The summed E-state index contributed by atoms with van der Waals surface area (Å²) in [5.41, 5.74) is 2.58. The molecule has 0 bridgehead atoms. The van der Waals surface area contributed by atoms with Gasteiger partial charge in [0.2, 0.25) is 0 Å². The predicted octanol–water partition coefficient (Wildman–Crippen LogP) is 2.36.